The number of rotatable bonds is 7. The van der Waals surface area contributed by atoms with Crippen molar-refractivity contribution in [3.05, 3.63) is 29.9 Å². The number of carbonyl (C=O) groups excluding carboxylic acids is 1. The van der Waals surface area contributed by atoms with Crippen LogP contribution in [0.25, 0.3) is 11.7 Å². The minimum atomic E-state index is -1.04. The van der Waals surface area contributed by atoms with E-state index in [4.69, 9.17) is 13.9 Å². The molecule has 2 heterocycles. The molecule has 0 aromatic carbocycles. The lowest BCUT2D eigenvalue weighted by atomic mass is 10.1. The summed E-state index contributed by atoms with van der Waals surface area (Å²) < 4.78 is 10.7. The number of hydrogen-bond donors (Lipinski definition) is 1. The number of carboxylic acid groups (broad SMARTS) is 1. The van der Waals surface area contributed by atoms with Crippen molar-refractivity contribution < 1.29 is 23.5 Å². The third kappa shape index (κ3) is 4.00. The van der Waals surface area contributed by atoms with Crippen LogP contribution < -0.4 is 0 Å². The summed E-state index contributed by atoms with van der Waals surface area (Å²) in [7, 11) is 0. The maximum absolute atomic E-state index is 12.5. The predicted octanol–water partition coefficient (Wildman–Crippen LogP) is 2.50. The van der Waals surface area contributed by atoms with Gasteiger partial charge in [0.2, 0.25) is 5.91 Å². The molecule has 0 saturated carbocycles. The molecular formula is C16H20N2O5. The highest BCUT2D eigenvalue weighted by Crippen LogP contribution is 2.22. The highest BCUT2D eigenvalue weighted by atomic mass is 16.4. The fourth-order valence-electron chi connectivity index (χ4n) is 2.20. The Hall–Kier alpha value is -2.57. The molecule has 0 radical (unpaired) electrons. The number of hydrogen-bond acceptors (Lipinski definition) is 5. The number of furan rings is 1. The molecule has 1 unspecified atom stereocenters. The fraction of sp³-hybridized carbons (Fsp3) is 0.438. The van der Waals surface area contributed by atoms with E-state index in [0.29, 0.717) is 29.5 Å². The van der Waals surface area contributed by atoms with Crippen molar-refractivity contribution in [3.8, 4) is 11.7 Å². The molecule has 124 valence electrons. The lowest BCUT2D eigenvalue weighted by Crippen LogP contribution is -2.42. The first kappa shape index (κ1) is 16.8. The largest absolute Gasteiger partial charge is 0.480 e. The van der Waals surface area contributed by atoms with E-state index in [0.717, 1.165) is 0 Å². The number of nitrogens with zero attached hydrogens (tertiary/aromatic N) is 2. The standard InChI is InChI=1S/C16H20N2O5/c1-4-10(2)18(9-15(20)21)14(19)8-12-11(3)23-16(17-12)13-6-5-7-22-13/h5-7,10H,4,8-9H2,1-3H3,(H,20,21). The van der Waals surface area contributed by atoms with Gasteiger partial charge in [0.15, 0.2) is 5.76 Å². The fourth-order valence-corrected chi connectivity index (χ4v) is 2.20. The van der Waals surface area contributed by atoms with Crippen LogP contribution in [-0.4, -0.2) is 39.5 Å². The zero-order chi connectivity index (χ0) is 17.0. The molecule has 2 aromatic heterocycles. The van der Waals surface area contributed by atoms with E-state index < -0.39 is 5.97 Å². The van der Waals surface area contributed by atoms with Gasteiger partial charge in [-0.2, -0.15) is 0 Å². The van der Waals surface area contributed by atoms with Gasteiger partial charge in [-0.05, 0) is 32.4 Å². The summed E-state index contributed by atoms with van der Waals surface area (Å²) in [4.78, 5) is 29.1. The Balaban J connectivity index is 2.16. The molecule has 2 aromatic rings. The van der Waals surface area contributed by atoms with Crippen molar-refractivity contribution in [2.45, 2.75) is 39.7 Å². The molecule has 1 N–H and O–H groups in total. The second kappa shape index (κ2) is 7.13. The molecule has 0 aliphatic heterocycles. The second-order valence-corrected chi connectivity index (χ2v) is 5.35. The van der Waals surface area contributed by atoms with Crippen molar-refractivity contribution >= 4 is 11.9 Å². The Labute approximate surface area is 133 Å². The first-order chi connectivity index (χ1) is 10.9. The summed E-state index contributed by atoms with van der Waals surface area (Å²) in [6, 6.07) is 3.28. The van der Waals surface area contributed by atoms with E-state index in [1.54, 1.807) is 19.1 Å². The summed E-state index contributed by atoms with van der Waals surface area (Å²) in [5.41, 5.74) is 0.486. The van der Waals surface area contributed by atoms with Crippen molar-refractivity contribution in [1.29, 1.82) is 0 Å². The summed E-state index contributed by atoms with van der Waals surface area (Å²) >= 11 is 0. The van der Waals surface area contributed by atoms with Crippen LogP contribution in [0, 0.1) is 6.92 Å². The molecule has 0 aliphatic carbocycles. The number of carbonyl (C=O) groups is 2. The maximum Gasteiger partial charge on any atom is 0.323 e. The van der Waals surface area contributed by atoms with Gasteiger partial charge in [0, 0.05) is 6.04 Å². The zero-order valence-corrected chi connectivity index (χ0v) is 13.4. The van der Waals surface area contributed by atoms with Gasteiger partial charge in [0.05, 0.1) is 18.4 Å². The Kier molecular flexibility index (Phi) is 5.20. The molecule has 0 saturated heterocycles. The van der Waals surface area contributed by atoms with E-state index >= 15 is 0 Å². The van der Waals surface area contributed by atoms with Crippen LogP contribution in [-0.2, 0) is 16.0 Å². The smallest absolute Gasteiger partial charge is 0.323 e. The first-order valence-corrected chi connectivity index (χ1v) is 7.43. The van der Waals surface area contributed by atoms with Crippen LogP contribution in [0.1, 0.15) is 31.7 Å². The summed E-state index contributed by atoms with van der Waals surface area (Å²) in [5, 5.41) is 8.99. The average Bonchev–Trinajstić information content (AvgIpc) is 3.14. The van der Waals surface area contributed by atoms with Crippen LogP contribution in [0.4, 0.5) is 0 Å². The number of amides is 1. The van der Waals surface area contributed by atoms with Gasteiger partial charge >= 0.3 is 5.97 Å². The van der Waals surface area contributed by atoms with Gasteiger partial charge in [0.1, 0.15) is 12.3 Å². The van der Waals surface area contributed by atoms with Gasteiger partial charge in [-0.25, -0.2) is 4.98 Å². The monoisotopic (exact) mass is 320 g/mol. The maximum atomic E-state index is 12.5. The molecule has 0 aliphatic rings. The molecule has 0 spiro atoms. The molecular weight excluding hydrogens is 300 g/mol. The number of aliphatic carboxylic acids is 1. The molecule has 7 heteroatoms. The van der Waals surface area contributed by atoms with Gasteiger partial charge in [0.25, 0.3) is 5.89 Å². The minimum Gasteiger partial charge on any atom is -0.480 e. The molecule has 7 nitrogen and oxygen atoms in total. The molecule has 1 atom stereocenters. The number of aryl methyl sites for hydroxylation is 1. The normalized spacial score (nSPS) is 12.1. The lowest BCUT2D eigenvalue weighted by Gasteiger charge is -2.26. The van der Waals surface area contributed by atoms with Crippen LogP contribution in [0.2, 0.25) is 0 Å². The van der Waals surface area contributed by atoms with Gasteiger partial charge in [-0.3, -0.25) is 9.59 Å². The second-order valence-electron chi connectivity index (χ2n) is 5.35. The summed E-state index contributed by atoms with van der Waals surface area (Å²) in [6.45, 7) is 5.12. The van der Waals surface area contributed by atoms with E-state index in [1.165, 1.54) is 11.2 Å². The van der Waals surface area contributed by atoms with Gasteiger partial charge in [-0.15, -0.1) is 0 Å². The Bertz CT molecular complexity index is 675. The zero-order valence-electron chi connectivity index (χ0n) is 13.4. The van der Waals surface area contributed by atoms with Crippen LogP contribution >= 0.6 is 0 Å². The summed E-state index contributed by atoms with van der Waals surface area (Å²) in [5.74, 6) is -0.0140. The molecule has 0 bridgehead atoms. The molecule has 23 heavy (non-hydrogen) atoms. The van der Waals surface area contributed by atoms with Crippen LogP contribution in [0.3, 0.4) is 0 Å². The Morgan fingerprint density at radius 1 is 1.43 bits per heavy atom. The summed E-state index contributed by atoms with van der Waals surface area (Å²) in [6.07, 6.45) is 2.18. The topological polar surface area (TPSA) is 96.8 Å². The van der Waals surface area contributed by atoms with E-state index in [-0.39, 0.29) is 24.9 Å². The molecule has 0 fully saturated rings. The quantitative estimate of drug-likeness (QED) is 0.842. The number of aromatic nitrogens is 1. The van der Waals surface area contributed by atoms with Crippen molar-refractivity contribution in [2.75, 3.05) is 6.54 Å². The van der Waals surface area contributed by atoms with Crippen molar-refractivity contribution in [2.24, 2.45) is 0 Å². The molecule has 1 amide bonds. The highest BCUT2D eigenvalue weighted by molar-refractivity contribution is 5.83. The average molecular weight is 320 g/mol. The van der Waals surface area contributed by atoms with Gasteiger partial charge in [-0.1, -0.05) is 6.92 Å². The van der Waals surface area contributed by atoms with Crippen LogP contribution in [0.15, 0.2) is 27.2 Å². The van der Waals surface area contributed by atoms with Crippen LogP contribution in [0.5, 0.6) is 0 Å². The SMILES string of the molecule is CCC(C)N(CC(=O)O)C(=O)Cc1nc(-c2ccco2)oc1C. The van der Waals surface area contributed by atoms with E-state index in [1.807, 2.05) is 13.8 Å². The van der Waals surface area contributed by atoms with Crippen molar-refractivity contribution in [3.63, 3.8) is 0 Å². The van der Waals surface area contributed by atoms with Gasteiger partial charge < -0.3 is 18.8 Å². The highest BCUT2D eigenvalue weighted by Gasteiger charge is 2.24. The number of carboxylic acids is 1. The first-order valence-electron chi connectivity index (χ1n) is 7.43. The Morgan fingerprint density at radius 2 is 2.17 bits per heavy atom. The lowest BCUT2D eigenvalue weighted by molar-refractivity contribution is -0.145. The van der Waals surface area contributed by atoms with E-state index in [2.05, 4.69) is 4.98 Å². The minimum absolute atomic E-state index is 0.00629. The third-order valence-corrected chi connectivity index (χ3v) is 3.69. The predicted molar refractivity (Wildman–Crippen MR) is 81.7 cm³/mol. The van der Waals surface area contributed by atoms with Crippen molar-refractivity contribution in [1.82, 2.24) is 9.88 Å². The van der Waals surface area contributed by atoms with E-state index in [9.17, 15) is 9.59 Å². The third-order valence-electron chi connectivity index (χ3n) is 3.69. The molecule has 2 rings (SSSR count). The Morgan fingerprint density at radius 3 is 2.74 bits per heavy atom. The number of oxazole rings is 1.